The molecule has 0 aliphatic carbocycles. The molecule has 2 heterocycles. The number of rotatable bonds is 2. The predicted octanol–water partition coefficient (Wildman–Crippen LogP) is 7.37. The summed E-state index contributed by atoms with van der Waals surface area (Å²) in [4.78, 5) is 3.62. The van der Waals surface area contributed by atoms with E-state index in [1.165, 1.54) is 47.4 Å². The van der Waals surface area contributed by atoms with E-state index in [0.717, 1.165) is 5.69 Å². The SMILES string of the molecule is C=Cc1[nH]c2c3ccccc3c3sc4ccccc4c3c2c1/C=C\C. The summed E-state index contributed by atoms with van der Waals surface area (Å²) < 4.78 is 2.70. The van der Waals surface area contributed by atoms with Gasteiger partial charge in [0.2, 0.25) is 0 Å². The van der Waals surface area contributed by atoms with Crippen molar-refractivity contribution in [1.82, 2.24) is 4.98 Å². The van der Waals surface area contributed by atoms with Crippen LogP contribution in [0.15, 0.2) is 61.2 Å². The molecule has 120 valence electrons. The Balaban J connectivity index is 2.21. The zero-order chi connectivity index (χ0) is 17.0. The topological polar surface area (TPSA) is 15.8 Å². The molecule has 0 aliphatic heterocycles. The number of allylic oxidation sites excluding steroid dienone is 1. The van der Waals surface area contributed by atoms with Crippen molar-refractivity contribution in [2.24, 2.45) is 0 Å². The fourth-order valence-corrected chi connectivity index (χ4v) is 5.13. The number of thiophene rings is 1. The fraction of sp³-hybridized carbons (Fsp3) is 0.0435. The Morgan fingerprint density at radius 3 is 2.40 bits per heavy atom. The summed E-state index contributed by atoms with van der Waals surface area (Å²) >= 11 is 1.89. The number of fused-ring (bicyclic) bond motifs is 8. The zero-order valence-electron chi connectivity index (χ0n) is 14.0. The first-order valence-corrected chi connectivity index (χ1v) is 9.28. The highest BCUT2D eigenvalue weighted by Crippen LogP contribution is 2.45. The molecule has 0 saturated heterocycles. The van der Waals surface area contributed by atoms with E-state index >= 15 is 0 Å². The molecular formula is C23H17NS. The molecule has 0 saturated carbocycles. The summed E-state index contributed by atoms with van der Waals surface area (Å²) in [5, 5.41) is 6.58. The Labute approximate surface area is 149 Å². The average Bonchev–Trinajstić information content (AvgIpc) is 3.21. The molecule has 0 radical (unpaired) electrons. The summed E-state index contributed by atoms with van der Waals surface area (Å²) in [6, 6.07) is 17.4. The Kier molecular flexibility index (Phi) is 3.09. The number of benzene rings is 3. The molecule has 0 spiro atoms. The van der Waals surface area contributed by atoms with Crippen molar-refractivity contribution in [2.45, 2.75) is 6.92 Å². The predicted molar refractivity (Wildman–Crippen MR) is 113 cm³/mol. The lowest BCUT2D eigenvalue weighted by atomic mass is 9.98. The van der Waals surface area contributed by atoms with Crippen molar-refractivity contribution in [3.63, 3.8) is 0 Å². The minimum absolute atomic E-state index is 1.08. The Bertz CT molecular complexity index is 1310. The highest BCUT2D eigenvalue weighted by molar-refractivity contribution is 7.27. The van der Waals surface area contributed by atoms with Gasteiger partial charge in [-0.2, -0.15) is 0 Å². The van der Waals surface area contributed by atoms with Crippen LogP contribution in [0.2, 0.25) is 0 Å². The molecule has 0 amide bonds. The van der Waals surface area contributed by atoms with Crippen molar-refractivity contribution >= 4 is 65.3 Å². The first kappa shape index (κ1) is 14.5. The normalized spacial score (nSPS) is 12.2. The van der Waals surface area contributed by atoms with Crippen LogP contribution in [0.1, 0.15) is 18.2 Å². The van der Waals surface area contributed by atoms with E-state index in [2.05, 4.69) is 79.2 Å². The number of aromatic amines is 1. The quantitative estimate of drug-likeness (QED) is 0.346. The maximum Gasteiger partial charge on any atom is 0.0551 e. The van der Waals surface area contributed by atoms with Crippen LogP contribution in [0.4, 0.5) is 0 Å². The molecule has 2 aromatic heterocycles. The molecule has 0 atom stereocenters. The van der Waals surface area contributed by atoms with Gasteiger partial charge < -0.3 is 4.98 Å². The van der Waals surface area contributed by atoms with E-state index in [-0.39, 0.29) is 0 Å². The minimum Gasteiger partial charge on any atom is -0.354 e. The molecular weight excluding hydrogens is 322 g/mol. The van der Waals surface area contributed by atoms with Crippen molar-refractivity contribution in [1.29, 1.82) is 0 Å². The van der Waals surface area contributed by atoms with Crippen LogP contribution >= 0.6 is 11.3 Å². The standard InChI is InChI=1S/C23H17NS/c1-3-9-16-18(4-2)24-22-14-10-5-6-11-15(14)23-21(20(16)22)17-12-7-8-13-19(17)25-23/h3-13,24H,2H2,1H3/b9-3-. The summed E-state index contributed by atoms with van der Waals surface area (Å²) in [5.41, 5.74) is 3.52. The second kappa shape index (κ2) is 5.33. The van der Waals surface area contributed by atoms with E-state index in [0.29, 0.717) is 0 Å². The van der Waals surface area contributed by atoms with Crippen LogP contribution in [-0.2, 0) is 0 Å². The first-order valence-electron chi connectivity index (χ1n) is 8.46. The van der Waals surface area contributed by atoms with Crippen molar-refractivity contribution in [3.8, 4) is 0 Å². The summed E-state index contributed by atoms with van der Waals surface area (Å²) in [7, 11) is 0. The van der Waals surface area contributed by atoms with Crippen LogP contribution < -0.4 is 0 Å². The third-order valence-electron chi connectivity index (χ3n) is 4.89. The number of H-pyrrole nitrogens is 1. The lowest BCUT2D eigenvalue weighted by Gasteiger charge is -2.04. The van der Waals surface area contributed by atoms with E-state index in [1.54, 1.807) is 0 Å². The highest BCUT2D eigenvalue weighted by Gasteiger charge is 2.18. The van der Waals surface area contributed by atoms with E-state index in [9.17, 15) is 0 Å². The van der Waals surface area contributed by atoms with Gasteiger partial charge in [-0.3, -0.25) is 0 Å². The lowest BCUT2D eigenvalue weighted by molar-refractivity contribution is 1.43. The van der Waals surface area contributed by atoms with Gasteiger partial charge in [0.25, 0.3) is 0 Å². The Morgan fingerprint density at radius 2 is 1.64 bits per heavy atom. The molecule has 0 unspecified atom stereocenters. The zero-order valence-corrected chi connectivity index (χ0v) is 14.8. The first-order chi connectivity index (χ1) is 12.3. The Hall–Kier alpha value is -2.84. The van der Waals surface area contributed by atoms with E-state index < -0.39 is 0 Å². The van der Waals surface area contributed by atoms with Gasteiger partial charge in [-0.1, -0.05) is 61.2 Å². The monoisotopic (exact) mass is 339 g/mol. The smallest absolute Gasteiger partial charge is 0.0551 e. The maximum absolute atomic E-state index is 4.02. The van der Waals surface area contributed by atoms with E-state index in [1.807, 2.05) is 17.4 Å². The number of hydrogen-bond acceptors (Lipinski definition) is 1. The third kappa shape index (κ3) is 1.89. The molecule has 0 fully saturated rings. The molecule has 1 nitrogen and oxygen atoms in total. The van der Waals surface area contributed by atoms with Crippen LogP contribution in [0, 0.1) is 0 Å². The molecule has 5 aromatic rings. The highest BCUT2D eigenvalue weighted by atomic mass is 32.1. The molecule has 25 heavy (non-hydrogen) atoms. The van der Waals surface area contributed by atoms with Crippen LogP contribution in [0.5, 0.6) is 0 Å². The molecule has 3 aromatic carbocycles. The van der Waals surface area contributed by atoms with Gasteiger partial charge in [-0.25, -0.2) is 0 Å². The largest absolute Gasteiger partial charge is 0.354 e. The van der Waals surface area contributed by atoms with Crippen molar-refractivity contribution < 1.29 is 0 Å². The lowest BCUT2D eigenvalue weighted by Crippen LogP contribution is -1.79. The van der Waals surface area contributed by atoms with Gasteiger partial charge in [0.1, 0.15) is 0 Å². The summed E-state index contributed by atoms with van der Waals surface area (Å²) in [5.74, 6) is 0. The van der Waals surface area contributed by atoms with E-state index in [4.69, 9.17) is 0 Å². The maximum atomic E-state index is 4.02. The van der Waals surface area contributed by atoms with Gasteiger partial charge in [-0.15, -0.1) is 11.3 Å². The summed E-state index contributed by atoms with van der Waals surface area (Å²) in [6.45, 7) is 6.08. The van der Waals surface area contributed by atoms with Gasteiger partial charge >= 0.3 is 0 Å². The molecule has 1 N–H and O–H groups in total. The fourth-order valence-electron chi connectivity index (χ4n) is 3.88. The number of hydrogen-bond donors (Lipinski definition) is 1. The van der Waals surface area contributed by atoms with Crippen molar-refractivity contribution in [3.05, 3.63) is 72.4 Å². The molecule has 0 aliphatic rings. The van der Waals surface area contributed by atoms with Crippen molar-refractivity contribution in [2.75, 3.05) is 0 Å². The molecule has 0 bridgehead atoms. The Morgan fingerprint density at radius 1 is 0.920 bits per heavy atom. The minimum atomic E-state index is 1.08. The van der Waals surface area contributed by atoms with Gasteiger partial charge in [0.15, 0.2) is 0 Å². The molecule has 2 heteroatoms. The molecule has 5 rings (SSSR count). The third-order valence-corrected chi connectivity index (χ3v) is 6.10. The van der Waals surface area contributed by atoms with Crippen LogP contribution in [-0.4, -0.2) is 4.98 Å². The van der Waals surface area contributed by atoms with Crippen LogP contribution in [0.3, 0.4) is 0 Å². The second-order valence-corrected chi connectivity index (χ2v) is 7.31. The van der Waals surface area contributed by atoms with Gasteiger partial charge in [0.05, 0.1) is 5.52 Å². The van der Waals surface area contributed by atoms with Crippen LogP contribution in [0.25, 0.3) is 54.0 Å². The van der Waals surface area contributed by atoms with Gasteiger partial charge in [0, 0.05) is 47.6 Å². The number of nitrogens with one attached hydrogen (secondary N) is 1. The average molecular weight is 339 g/mol. The number of aromatic nitrogens is 1. The summed E-state index contributed by atoms with van der Waals surface area (Å²) in [6.07, 6.45) is 6.21. The van der Waals surface area contributed by atoms with Gasteiger partial charge in [-0.05, 0) is 19.1 Å². The second-order valence-electron chi connectivity index (χ2n) is 6.25.